The van der Waals surface area contributed by atoms with Crippen molar-refractivity contribution >= 4 is 0 Å². The number of ether oxygens (including phenoxy) is 3. The Balaban J connectivity index is 0.00000158. The number of hydrogen-bond donors (Lipinski definition) is 6. The molecule has 9 heteroatoms. The Kier molecular flexibility index (Phi) is 13.8. The summed E-state index contributed by atoms with van der Waals surface area (Å²) in [5.41, 5.74) is 4.50. The van der Waals surface area contributed by atoms with Gasteiger partial charge >= 0.3 is 0 Å². The van der Waals surface area contributed by atoms with Crippen LogP contribution in [-0.4, -0.2) is 85.0 Å². The van der Waals surface area contributed by atoms with Gasteiger partial charge in [-0.05, 0) is 38.4 Å². The monoisotopic (exact) mass is 390 g/mol. The summed E-state index contributed by atoms with van der Waals surface area (Å²) in [5, 5.41) is 42.0. The van der Waals surface area contributed by atoms with E-state index in [0.717, 1.165) is 0 Å². The number of nitrogens with two attached hydrogens (primary N) is 1. The third kappa shape index (κ3) is 7.97. The highest BCUT2D eigenvalue weighted by molar-refractivity contribution is 5.30. The summed E-state index contributed by atoms with van der Waals surface area (Å²) in [4.78, 5) is 0. The summed E-state index contributed by atoms with van der Waals surface area (Å²) in [6.45, 7) is 4.44. The summed E-state index contributed by atoms with van der Waals surface area (Å²) in [7, 11) is 3.26. The highest BCUT2D eigenvalue weighted by Crippen LogP contribution is 2.27. The van der Waals surface area contributed by atoms with Gasteiger partial charge in [-0.25, -0.2) is 0 Å². The number of rotatable bonds is 7. The van der Waals surface area contributed by atoms with E-state index in [9.17, 15) is 20.4 Å². The van der Waals surface area contributed by atoms with Crippen molar-refractivity contribution in [2.24, 2.45) is 5.73 Å². The molecule has 158 valence electrons. The number of aliphatic hydroxyl groups is 3. The number of benzene rings is 1. The van der Waals surface area contributed by atoms with E-state index in [1.165, 1.54) is 31.3 Å². The zero-order chi connectivity index (χ0) is 20.8. The van der Waals surface area contributed by atoms with Gasteiger partial charge in [-0.3, -0.25) is 0 Å². The molecule has 0 radical (unpaired) electrons. The van der Waals surface area contributed by atoms with Crippen molar-refractivity contribution in [2.75, 3.05) is 33.9 Å². The van der Waals surface area contributed by atoms with Crippen LogP contribution in [0, 0.1) is 0 Å². The minimum absolute atomic E-state index is 0.0783. The van der Waals surface area contributed by atoms with Crippen molar-refractivity contribution in [3.05, 3.63) is 24.3 Å². The van der Waals surface area contributed by atoms with Crippen LogP contribution >= 0.6 is 0 Å². The van der Waals surface area contributed by atoms with Gasteiger partial charge in [-0.15, -0.1) is 0 Å². The quantitative estimate of drug-likeness (QED) is 0.336. The summed E-state index contributed by atoms with van der Waals surface area (Å²) in [6, 6.07) is 5.88. The van der Waals surface area contributed by atoms with Gasteiger partial charge in [0, 0.05) is 6.54 Å². The number of phenols is 1. The zero-order valence-electron chi connectivity index (χ0n) is 16.4. The van der Waals surface area contributed by atoms with Crippen molar-refractivity contribution < 1.29 is 34.6 Å². The van der Waals surface area contributed by atoms with Crippen molar-refractivity contribution in [1.82, 2.24) is 5.32 Å². The molecule has 1 aromatic carbocycles. The van der Waals surface area contributed by atoms with Gasteiger partial charge in [0.1, 0.15) is 29.8 Å². The van der Waals surface area contributed by atoms with E-state index in [1.54, 1.807) is 7.05 Å². The van der Waals surface area contributed by atoms with Gasteiger partial charge in [0.15, 0.2) is 12.4 Å². The lowest BCUT2D eigenvalue weighted by Crippen LogP contribution is -2.61. The van der Waals surface area contributed by atoms with Crippen molar-refractivity contribution in [3.63, 3.8) is 0 Å². The van der Waals surface area contributed by atoms with Crippen molar-refractivity contribution in [2.45, 2.75) is 44.6 Å². The lowest BCUT2D eigenvalue weighted by molar-refractivity contribution is -0.296. The summed E-state index contributed by atoms with van der Waals surface area (Å²) < 4.78 is 16.4. The van der Waals surface area contributed by atoms with Crippen LogP contribution in [0.25, 0.3) is 0 Å². The largest absolute Gasteiger partial charge is 0.508 e. The molecule has 0 bridgehead atoms. The predicted molar refractivity (Wildman–Crippen MR) is 102 cm³/mol. The second kappa shape index (κ2) is 14.6. The standard InChI is InChI=1S/C15H23NO7.C2H6.CH5N/c1-16-6-7-21-15-13(20)12(19)14(11(8-17)23-15)22-10-4-2-9(18)3-5-10;2*1-2/h2-5,11-20H,6-8H2,1H3;1-2H3;2H2,1H3. The minimum atomic E-state index is -1.31. The smallest absolute Gasteiger partial charge is 0.186 e. The van der Waals surface area contributed by atoms with Gasteiger partial charge in [-0.2, -0.15) is 0 Å². The fourth-order valence-electron chi connectivity index (χ4n) is 2.29. The molecule has 1 aliphatic rings. The first-order valence-electron chi connectivity index (χ1n) is 8.99. The van der Waals surface area contributed by atoms with E-state index in [2.05, 4.69) is 11.1 Å². The molecule has 1 heterocycles. The van der Waals surface area contributed by atoms with Crippen LogP contribution in [0.15, 0.2) is 24.3 Å². The molecule has 5 atom stereocenters. The number of hydrogen-bond acceptors (Lipinski definition) is 9. The first-order chi connectivity index (χ1) is 13.1. The first kappa shape index (κ1) is 25.5. The maximum atomic E-state index is 10.3. The predicted octanol–water partition coefficient (Wildman–Crippen LogP) is -0.584. The van der Waals surface area contributed by atoms with Gasteiger partial charge in [-0.1, -0.05) is 13.8 Å². The molecule has 7 N–H and O–H groups in total. The Morgan fingerprint density at radius 2 is 1.70 bits per heavy atom. The van der Waals surface area contributed by atoms with Crippen molar-refractivity contribution in [1.29, 1.82) is 0 Å². The van der Waals surface area contributed by atoms with Crippen molar-refractivity contribution in [3.8, 4) is 11.5 Å². The molecule has 1 aliphatic heterocycles. The Morgan fingerprint density at radius 3 is 2.22 bits per heavy atom. The topological polar surface area (TPSA) is 147 Å². The van der Waals surface area contributed by atoms with E-state index in [4.69, 9.17) is 14.2 Å². The van der Waals surface area contributed by atoms with Crippen LogP contribution in [-0.2, 0) is 9.47 Å². The lowest BCUT2D eigenvalue weighted by Gasteiger charge is -2.41. The molecular weight excluding hydrogens is 356 g/mol. The molecule has 1 aromatic rings. The van der Waals surface area contributed by atoms with E-state index in [-0.39, 0.29) is 12.4 Å². The fraction of sp³-hybridized carbons (Fsp3) is 0.667. The first-order valence-corrected chi connectivity index (χ1v) is 8.99. The number of likely N-dealkylation sites (N-methyl/N-ethyl adjacent to an activating group) is 1. The molecule has 0 aliphatic carbocycles. The molecular formula is C18H34N2O7. The van der Waals surface area contributed by atoms with Crippen LogP contribution in [0.5, 0.6) is 11.5 Å². The second-order valence-electron chi connectivity index (χ2n) is 5.26. The minimum Gasteiger partial charge on any atom is -0.508 e. The molecule has 0 amide bonds. The highest BCUT2D eigenvalue weighted by atomic mass is 16.7. The normalized spacial score (nSPS) is 26.9. The Bertz CT molecular complexity index is 473. The molecule has 0 saturated carbocycles. The zero-order valence-corrected chi connectivity index (χ0v) is 16.4. The van der Waals surface area contributed by atoms with Gasteiger partial charge in [0.25, 0.3) is 0 Å². The van der Waals surface area contributed by atoms with Crippen LogP contribution in [0.1, 0.15) is 13.8 Å². The van der Waals surface area contributed by atoms with Crippen LogP contribution in [0.2, 0.25) is 0 Å². The summed E-state index contributed by atoms with van der Waals surface area (Å²) in [5.74, 6) is 0.449. The van der Waals surface area contributed by atoms with E-state index in [0.29, 0.717) is 12.3 Å². The molecule has 0 spiro atoms. The number of nitrogens with one attached hydrogen (secondary N) is 1. The van der Waals surface area contributed by atoms with E-state index >= 15 is 0 Å². The summed E-state index contributed by atoms with van der Waals surface area (Å²) >= 11 is 0. The molecule has 5 unspecified atom stereocenters. The maximum Gasteiger partial charge on any atom is 0.186 e. The second-order valence-corrected chi connectivity index (χ2v) is 5.26. The van der Waals surface area contributed by atoms with Gasteiger partial charge in [0.05, 0.1) is 13.2 Å². The molecule has 1 saturated heterocycles. The Labute approximate surface area is 160 Å². The molecule has 2 rings (SSSR count). The SMILES string of the molecule is CC.CN.CNCCOC1OC(CO)C(Oc2ccc(O)cc2)C(O)C1O. The lowest BCUT2D eigenvalue weighted by atomic mass is 9.99. The van der Waals surface area contributed by atoms with Gasteiger partial charge < -0.3 is 45.7 Å². The molecule has 9 nitrogen and oxygen atoms in total. The molecule has 27 heavy (non-hydrogen) atoms. The highest BCUT2D eigenvalue weighted by Gasteiger charge is 2.46. The Morgan fingerprint density at radius 1 is 1.11 bits per heavy atom. The van der Waals surface area contributed by atoms with Gasteiger partial charge in [0.2, 0.25) is 0 Å². The average molecular weight is 390 g/mol. The number of phenolic OH excluding ortho intramolecular Hbond substituents is 1. The van der Waals surface area contributed by atoms with E-state index < -0.39 is 37.3 Å². The average Bonchev–Trinajstić information content (AvgIpc) is 2.72. The Hall–Kier alpha value is -1.46. The third-order valence-electron chi connectivity index (χ3n) is 3.56. The van der Waals surface area contributed by atoms with Crippen LogP contribution in [0.3, 0.4) is 0 Å². The number of aliphatic hydroxyl groups excluding tert-OH is 3. The molecule has 0 aromatic heterocycles. The summed E-state index contributed by atoms with van der Waals surface area (Å²) in [6.07, 6.45) is -5.48. The van der Waals surface area contributed by atoms with Crippen LogP contribution in [0.4, 0.5) is 0 Å². The number of aromatic hydroxyl groups is 1. The van der Waals surface area contributed by atoms with Crippen LogP contribution < -0.4 is 15.8 Å². The third-order valence-corrected chi connectivity index (χ3v) is 3.56. The van der Waals surface area contributed by atoms with E-state index in [1.807, 2.05) is 13.8 Å². The molecule has 1 fully saturated rings. The fourth-order valence-corrected chi connectivity index (χ4v) is 2.29. The maximum absolute atomic E-state index is 10.3.